The lowest BCUT2D eigenvalue weighted by Crippen LogP contribution is -2.27. The Balaban J connectivity index is 2.41. The third-order valence-electron chi connectivity index (χ3n) is 2.80. The van der Waals surface area contributed by atoms with E-state index in [2.05, 4.69) is 0 Å². The molecule has 4 heteroatoms. The van der Waals surface area contributed by atoms with Crippen molar-refractivity contribution in [1.29, 1.82) is 0 Å². The molecule has 2 aromatic carbocycles. The molecule has 0 aliphatic carbocycles. The van der Waals surface area contributed by atoms with Crippen molar-refractivity contribution in [1.82, 2.24) is 0 Å². The molecule has 0 spiro atoms. The number of fused-ring (bicyclic) bond motifs is 1. The molecule has 0 amide bonds. The number of benzene rings is 2. The molecule has 0 aliphatic heterocycles. The summed E-state index contributed by atoms with van der Waals surface area (Å²) in [5.41, 5.74) is 5.91. The smallest absolute Gasteiger partial charge is 0.116 e. The molecule has 0 aliphatic rings. The molecule has 0 radical (unpaired) electrons. The largest absolute Gasteiger partial charge is 0.508 e. The average Bonchev–Trinajstić information content (AvgIpc) is 2.36. The van der Waals surface area contributed by atoms with E-state index in [9.17, 15) is 15.3 Å². The number of rotatable bonds is 3. The van der Waals surface area contributed by atoms with E-state index in [-0.39, 0.29) is 12.3 Å². The van der Waals surface area contributed by atoms with Crippen LogP contribution in [0.4, 0.5) is 0 Å². The van der Waals surface area contributed by atoms with Gasteiger partial charge in [-0.05, 0) is 34.5 Å². The summed E-state index contributed by atoms with van der Waals surface area (Å²) in [6.45, 7) is 0.00871. The van der Waals surface area contributed by atoms with Crippen LogP contribution in [0, 0.1) is 0 Å². The molecule has 0 heterocycles. The molecule has 4 nitrogen and oxygen atoms in total. The lowest BCUT2D eigenvalue weighted by molar-refractivity contribution is 0.0244. The predicted molar refractivity (Wildman–Crippen MR) is 65.6 cm³/mol. The highest BCUT2D eigenvalue weighted by Crippen LogP contribution is 2.24. The maximum absolute atomic E-state index is 9.82. The fraction of sp³-hybridized carbons (Fsp3) is 0.231. The van der Waals surface area contributed by atoms with Crippen LogP contribution in [0.25, 0.3) is 10.8 Å². The molecule has 17 heavy (non-hydrogen) atoms. The Morgan fingerprint density at radius 1 is 1.00 bits per heavy atom. The number of nitrogens with two attached hydrogens (primary N) is 1. The number of aromatic hydroxyl groups is 1. The van der Waals surface area contributed by atoms with Crippen LogP contribution in [-0.2, 0) is 0 Å². The van der Waals surface area contributed by atoms with Gasteiger partial charge < -0.3 is 21.1 Å². The molecule has 0 aromatic heterocycles. The summed E-state index contributed by atoms with van der Waals surface area (Å²) >= 11 is 0. The molecule has 0 saturated heterocycles. The maximum atomic E-state index is 9.82. The van der Waals surface area contributed by atoms with Crippen LogP contribution in [0.1, 0.15) is 11.7 Å². The third-order valence-corrected chi connectivity index (χ3v) is 2.80. The topological polar surface area (TPSA) is 86.7 Å². The van der Waals surface area contributed by atoms with E-state index in [1.807, 2.05) is 0 Å². The second-order valence-electron chi connectivity index (χ2n) is 4.04. The van der Waals surface area contributed by atoms with Gasteiger partial charge in [-0.3, -0.25) is 0 Å². The standard InChI is InChI=1S/C13H15NO3/c14-7-12(16)13(17)10-2-1-9-6-11(15)4-3-8(9)5-10/h1-6,12-13,15-17H,7,14H2. The lowest BCUT2D eigenvalue weighted by atomic mass is 10.0. The molecule has 90 valence electrons. The van der Waals surface area contributed by atoms with Crippen LogP contribution in [0.15, 0.2) is 36.4 Å². The molecule has 2 rings (SSSR count). The van der Waals surface area contributed by atoms with Gasteiger partial charge in [-0.1, -0.05) is 18.2 Å². The monoisotopic (exact) mass is 233 g/mol. The van der Waals surface area contributed by atoms with Gasteiger partial charge in [-0.25, -0.2) is 0 Å². The normalized spacial score (nSPS) is 14.8. The van der Waals surface area contributed by atoms with E-state index in [1.165, 1.54) is 0 Å². The summed E-state index contributed by atoms with van der Waals surface area (Å²) in [6, 6.07) is 10.3. The molecule has 2 unspecified atom stereocenters. The van der Waals surface area contributed by atoms with Gasteiger partial charge >= 0.3 is 0 Å². The van der Waals surface area contributed by atoms with Crippen molar-refractivity contribution in [3.8, 4) is 5.75 Å². The van der Waals surface area contributed by atoms with Crippen molar-refractivity contribution in [2.75, 3.05) is 6.54 Å². The Morgan fingerprint density at radius 3 is 2.35 bits per heavy atom. The van der Waals surface area contributed by atoms with Gasteiger partial charge in [0.05, 0.1) is 6.10 Å². The molecule has 0 saturated carbocycles. The molecule has 5 N–H and O–H groups in total. The fourth-order valence-electron chi connectivity index (χ4n) is 1.79. The van der Waals surface area contributed by atoms with E-state index >= 15 is 0 Å². The average molecular weight is 233 g/mol. The minimum absolute atomic E-state index is 0.00871. The number of phenols is 1. The van der Waals surface area contributed by atoms with Crippen molar-refractivity contribution >= 4 is 10.8 Å². The summed E-state index contributed by atoms with van der Waals surface area (Å²) in [6.07, 6.45) is -1.96. The van der Waals surface area contributed by atoms with Gasteiger partial charge in [0.25, 0.3) is 0 Å². The molecule has 2 atom stereocenters. The highest BCUT2D eigenvalue weighted by atomic mass is 16.3. The van der Waals surface area contributed by atoms with Crippen molar-refractivity contribution in [2.24, 2.45) is 5.73 Å². The number of aliphatic hydroxyl groups excluding tert-OH is 2. The van der Waals surface area contributed by atoms with Crippen molar-refractivity contribution < 1.29 is 15.3 Å². The number of phenolic OH excluding ortho intramolecular Hbond substituents is 1. The molecule has 0 bridgehead atoms. The van der Waals surface area contributed by atoms with Crippen LogP contribution in [0.5, 0.6) is 5.75 Å². The summed E-state index contributed by atoms with van der Waals surface area (Å²) in [5, 5.41) is 30.4. The summed E-state index contributed by atoms with van der Waals surface area (Å²) < 4.78 is 0. The maximum Gasteiger partial charge on any atom is 0.116 e. The molecular formula is C13H15NO3. The number of hydrogen-bond acceptors (Lipinski definition) is 4. The Hall–Kier alpha value is -1.62. The van der Waals surface area contributed by atoms with Gasteiger partial charge in [0.2, 0.25) is 0 Å². The van der Waals surface area contributed by atoms with E-state index in [1.54, 1.807) is 36.4 Å². The van der Waals surface area contributed by atoms with Crippen LogP contribution >= 0.6 is 0 Å². The summed E-state index contributed by atoms with van der Waals surface area (Å²) in [7, 11) is 0. The first-order valence-corrected chi connectivity index (χ1v) is 5.40. The predicted octanol–water partition coefficient (Wildman–Crippen LogP) is 0.898. The first kappa shape index (κ1) is 11.9. The van der Waals surface area contributed by atoms with E-state index < -0.39 is 12.2 Å². The van der Waals surface area contributed by atoms with Gasteiger partial charge in [0.1, 0.15) is 11.9 Å². The van der Waals surface area contributed by atoms with Crippen LogP contribution in [0.3, 0.4) is 0 Å². The zero-order valence-electron chi connectivity index (χ0n) is 9.24. The minimum atomic E-state index is -0.988. The fourth-order valence-corrected chi connectivity index (χ4v) is 1.79. The number of hydrogen-bond donors (Lipinski definition) is 4. The van der Waals surface area contributed by atoms with Gasteiger partial charge in [0.15, 0.2) is 0 Å². The van der Waals surface area contributed by atoms with Crippen molar-refractivity contribution in [2.45, 2.75) is 12.2 Å². The van der Waals surface area contributed by atoms with Crippen LogP contribution < -0.4 is 5.73 Å². The second kappa shape index (κ2) is 4.71. The first-order chi connectivity index (χ1) is 8.11. The Bertz CT molecular complexity index is 527. The summed E-state index contributed by atoms with van der Waals surface area (Å²) in [5.74, 6) is 0.202. The SMILES string of the molecule is NCC(O)C(O)c1ccc2cc(O)ccc2c1. The highest BCUT2D eigenvalue weighted by molar-refractivity contribution is 5.84. The Kier molecular flexibility index (Phi) is 3.28. The van der Waals surface area contributed by atoms with Crippen LogP contribution in [-0.4, -0.2) is 28.0 Å². The van der Waals surface area contributed by atoms with E-state index in [4.69, 9.17) is 5.73 Å². The Labute approximate surface area is 98.9 Å². The highest BCUT2D eigenvalue weighted by Gasteiger charge is 2.16. The quantitative estimate of drug-likeness (QED) is 0.634. The zero-order valence-corrected chi connectivity index (χ0v) is 9.24. The van der Waals surface area contributed by atoms with Gasteiger partial charge in [-0.2, -0.15) is 0 Å². The van der Waals surface area contributed by atoms with Crippen molar-refractivity contribution in [3.63, 3.8) is 0 Å². The van der Waals surface area contributed by atoms with Gasteiger partial charge in [-0.15, -0.1) is 0 Å². The first-order valence-electron chi connectivity index (χ1n) is 5.40. The van der Waals surface area contributed by atoms with E-state index in [0.717, 1.165) is 10.8 Å². The van der Waals surface area contributed by atoms with Gasteiger partial charge in [0, 0.05) is 6.54 Å². The minimum Gasteiger partial charge on any atom is -0.508 e. The van der Waals surface area contributed by atoms with Crippen LogP contribution in [0.2, 0.25) is 0 Å². The second-order valence-corrected chi connectivity index (χ2v) is 4.04. The van der Waals surface area contributed by atoms with Crippen molar-refractivity contribution in [3.05, 3.63) is 42.0 Å². The number of aliphatic hydroxyl groups is 2. The zero-order chi connectivity index (χ0) is 12.4. The third kappa shape index (κ3) is 2.39. The molecular weight excluding hydrogens is 218 g/mol. The summed E-state index contributed by atoms with van der Waals surface area (Å²) in [4.78, 5) is 0. The molecule has 0 fully saturated rings. The lowest BCUT2D eigenvalue weighted by Gasteiger charge is -2.16. The molecule has 2 aromatic rings. The van der Waals surface area contributed by atoms with E-state index in [0.29, 0.717) is 5.56 Å². The Morgan fingerprint density at radius 2 is 1.65 bits per heavy atom.